The second-order valence-corrected chi connectivity index (χ2v) is 6.29. The summed E-state index contributed by atoms with van der Waals surface area (Å²) in [6.07, 6.45) is 4.89. The second-order valence-electron chi connectivity index (χ2n) is 6.29. The van der Waals surface area contributed by atoms with Crippen LogP contribution >= 0.6 is 0 Å². The van der Waals surface area contributed by atoms with Crippen molar-refractivity contribution in [3.05, 3.63) is 47.0 Å². The molecule has 0 fully saturated rings. The smallest absolute Gasteiger partial charge is 0.146 e. The van der Waals surface area contributed by atoms with E-state index in [1.807, 2.05) is 12.1 Å². The van der Waals surface area contributed by atoms with Crippen LogP contribution in [0.1, 0.15) is 50.3 Å². The maximum Gasteiger partial charge on any atom is 0.146 e. The molecule has 0 bridgehead atoms. The third-order valence-electron chi connectivity index (χ3n) is 4.35. The Balaban J connectivity index is 2.13. The van der Waals surface area contributed by atoms with Gasteiger partial charge in [-0.3, -0.25) is 0 Å². The van der Waals surface area contributed by atoms with E-state index in [-0.39, 0.29) is 0 Å². The Morgan fingerprint density at radius 3 is 2.33 bits per heavy atom. The summed E-state index contributed by atoms with van der Waals surface area (Å²) in [5.41, 5.74) is 5.85. The van der Waals surface area contributed by atoms with Crippen molar-refractivity contribution < 1.29 is 5.11 Å². The van der Waals surface area contributed by atoms with E-state index >= 15 is 0 Å². The molecular formula is C20H25N3O. The first kappa shape index (κ1) is 16.5. The number of aromatic nitrogens is 3. The molecule has 3 rings (SSSR count). The number of hydrogen-bond acceptors (Lipinski definition) is 3. The number of fused-ring (bicyclic) bond motifs is 1. The summed E-state index contributed by atoms with van der Waals surface area (Å²) in [7, 11) is 0. The Morgan fingerprint density at radius 1 is 0.875 bits per heavy atom. The maximum atomic E-state index is 10.7. The molecule has 1 aromatic heterocycles. The van der Waals surface area contributed by atoms with E-state index in [1.54, 1.807) is 4.80 Å². The van der Waals surface area contributed by atoms with Crippen molar-refractivity contribution in [2.24, 2.45) is 0 Å². The van der Waals surface area contributed by atoms with E-state index in [1.165, 1.54) is 11.1 Å². The molecule has 126 valence electrons. The SMILES string of the molecule is CCCc1cc(CCC)c(O)c(-n2nc3ccc(CC)cc3n2)c1. The molecule has 2 aromatic carbocycles. The molecule has 0 aliphatic rings. The average Bonchev–Trinajstić information content (AvgIpc) is 3.00. The van der Waals surface area contributed by atoms with Gasteiger partial charge in [-0.15, -0.1) is 15.0 Å². The number of aryl methyl sites for hydroxylation is 3. The van der Waals surface area contributed by atoms with Crippen molar-refractivity contribution in [1.82, 2.24) is 15.0 Å². The second kappa shape index (κ2) is 7.04. The van der Waals surface area contributed by atoms with Gasteiger partial charge < -0.3 is 5.11 Å². The molecule has 1 N–H and O–H groups in total. The van der Waals surface area contributed by atoms with Crippen LogP contribution in [0.25, 0.3) is 16.7 Å². The minimum Gasteiger partial charge on any atom is -0.505 e. The molecular weight excluding hydrogens is 298 g/mol. The minimum absolute atomic E-state index is 0.299. The molecule has 24 heavy (non-hydrogen) atoms. The largest absolute Gasteiger partial charge is 0.505 e. The van der Waals surface area contributed by atoms with E-state index in [0.29, 0.717) is 11.4 Å². The quantitative estimate of drug-likeness (QED) is 0.721. The highest BCUT2D eigenvalue weighted by molar-refractivity contribution is 5.75. The number of hydrogen-bond donors (Lipinski definition) is 1. The highest BCUT2D eigenvalue weighted by atomic mass is 16.3. The fourth-order valence-corrected chi connectivity index (χ4v) is 3.08. The predicted octanol–water partition coefficient (Wildman–Crippen LogP) is 4.59. The van der Waals surface area contributed by atoms with Crippen molar-refractivity contribution >= 4 is 11.0 Å². The van der Waals surface area contributed by atoms with Crippen LogP contribution < -0.4 is 0 Å². The van der Waals surface area contributed by atoms with E-state index in [4.69, 9.17) is 0 Å². The van der Waals surface area contributed by atoms with Gasteiger partial charge in [0.1, 0.15) is 22.5 Å². The van der Waals surface area contributed by atoms with Gasteiger partial charge in [-0.2, -0.15) is 0 Å². The van der Waals surface area contributed by atoms with Crippen LogP contribution in [0.15, 0.2) is 30.3 Å². The van der Waals surface area contributed by atoms with Gasteiger partial charge in [0.05, 0.1) is 0 Å². The lowest BCUT2D eigenvalue weighted by Crippen LogP contribution is -2.03. The van der Waals surface area contributed by atoms with Gasteiger partial charge in [-0.1, -0.05) is 45.7 Å². The van der Waals surface area contributed by atoms with Crippen LogP contribution in [0, 0.1) is 0 Å². The number of aromatic hydroxyl groups is 1. The number of phenols is 1. The first-order chi connectivity index (χ1) is 11.7. The van der Waals surface area contributed by atoms with Gasteiger partial charge >= 0.3 is 0 Å². The van der Waals surface area contributed by atoms with Crippen molar-refractivity contribution in [3.8, 4) is 11.4 Å². The Labute approximate surface area is 143 Å². The minimum atomic E-state index is 0.299. The van der Waals surface area contributed by atoms with Gasteiger partial charge in [0.15, 0.2) is 0 Å². The molecule has 4 nitrogen and oxygen atoms in total. The Hall–Kier alpha value is -2.36. The molecule has 0 aliphatic carbocycles. The average molecular weight is 323 g/mol. The highest BCUT2D eigenvalue weighted by Crippen LogP contribution is 2.29. The van der Waals surface area contributed by atoms with Crippen molar-refractivity contribution in [2.75, 3.05) is 0 Å². The summed E-state index contributed by atoms with van der Waals surface area (Å²) >= 11 is 0. The summed E-state index contributed by atoms with van der Waals surface area (Å²) in [6.45, 7) is 6.42. The van der Waals surface area contributed by atoms with E-state index in [2.05, 4.69) is 49.2 Å². The molecule has 0 radical (unpaired) electrons. The van der Waals surface area contributed by atoms with Crippen LogP contribution in [0.3, 0.4) is 0 Å². The zero-order chi connectivity index (χ0) is 17.1. The fourth-order valence-electron chi connectivity index (χ4n) is 3.08. The van der Waals surface area contributed by atoms with Crippen LogP contribution in [0.5, 0.6) is 5.75 Å². The molecule has 0 aliphatic heterocycles. The third-order valence-corrected chi connectivity index (χ3v) is 4.35. The predicted molar refractivity (Wildman–Crippen MR) is 97.9 cm³/mol. The lowest BCUT2D eigenvalue weighted by molar-refractivity contribution is 0.460. The lowest BCUT2D eigenvalue weighted by atomic mass is 10.0. The van der Waals surface area contributed by atoms with Crippen molar-refractivity contribution in [2.45, 2.75) is 52.9 Å². The third kappa shape index (κ3) is 3.14. The first-order valence-corrected chi connectivity index (χ1v) is 8.87. The molecule has 0 atom stereocenters. The summed E-state index contributed by atoms with van der Waals surface area (Å²) in [5.74, 6) is 0.299. The number of phenolic OH excluding ortho intramolecular Hbond substituents is 1. The highest BCUT2D eigenvalue weighted by Gasteiger charge is 2.14. The van der Waals surface area contributed by atoms with E-state index < -0.39 is 0 Å². The molecule has 3 aromatic rings. The Kier molecular flexibility index (Phi) is 4.84. The zero-order valence-corrected chi connectivity index (χ0v) is 14.7. The van der Waals surface area contributed by atoms with Gasteiger partial charge in [-0.05, 0) is 54.2 Å². The number of rotatable bonds is 6. The summed E-state index contributed by atoms with van der Waals surface area (Å²) in [6, 6.07) is 10.3. The summed E-state index contributed by atoms with van der Waals surface area (Å²) in [4.78, 5) is 1.58. The monoisotopic (exact) mass is 323 g/mol. The van der Waals surface area contributed by atoms with Gasteiger partial charge in [-0.25, -0.2) is 0 Å². The fraction of sp³-hybridized carbons (Fsp3) is 0.400. The van der Waals surface area contributed by atoms with Gasteiger partial charge in [0.2, 0.25) is 0 Å². The topological polar surface area (TPSA) is 50.9 Å². The van der Waals surface area contributed by atoms with E-state index in [9.17, 15) is 5.11 Å². The molecule has 0 unspecified atom stereocenters. The number of benzene rings is 2. The summed E-state index contributed by atoms with van der Waals surface area (Å²) in [5, 5.41) is 19.9. The molecule has 4 heteroatoms. The Morgan fingerprint density at radius 2 is 1.62 bits per heavy atom. The molecule has 0 saturated carbocycles. The summed E-state index contributed by atoms with van der Waals surface area (Å²) < 4.78 is 0. The first-order valence-electron chi connectivity index (χ1n) is 8.87. The number of nitrogens with zero attached hydrogens (tertiary/aromatic N) is 3. The van der Waals surface area contributed by atoms with Crippen LogP contribution in [-0.2, 0) is 19.3 Å². The van der Waals surface area contributed by atoms with Crippen molar-refractivity contribution in [3.63, 3.8) is 0 Å². The Bertz CT molecular complexity index is 851. The normalized spacial score (nSPS) is 11.3. The molecule has 1 heterocycles. The standard InChI is InChI=1S/C20H25N3O/c1-4-7-15-11-16(8-5-2)20(24)19(13-15)23-21-17-10-9-14(6-3)12-18(17)22-23/h9-13,24H,4-8H2,1-3H3. The van der Waals surface area contributed by atoms with Gasteiger partial charge in [0.25, 0.3) is 0 Å². The van der Waals surface area contributed by atoms with E-state index in [0.717, 1.165) is 48.7 Å². The lowest BCUT2D eigenvalue weighted by Gasteiger charge is -2.11. The maximum absolute atomic E-state index is 10.7. The zero-order valence-electron chi connectivity index (χ0n) is 14.7. The van der Waals surface area contributed by atoms with Crippen LogP contribution in [0.4, 0.5) is 0 Å². The van der Waals surface area contributed by atoms with Crippen molar-refractivity contribution in [1.29, 1.82) is 0 Å². The molecule has 0 spiro atoms. The molecule has 0 amide bonds. The molecule has 0 saturated heterocycles. The van der Waals surface area contributed by atoms with Crippen LogP contribution in [0.2, 0.25) is 0 Å². The van der Waals surface area contributed by atoms with Crippen LogP contribution in [-0.4, -0.2) is 20.1 Å². The van der Waals surface area contributed by atoms with Gasteiger partial charge in [0, 0.05) is 0 Å².